The van der Waals surface area contributed by atoms with Gasteiger partial charge in [-0.15, -0.1) is 0 Å². The Morgan fingerprint density at radius 3 is 1.18 bits per heavy atom. The van der Waals surface area contributed by atoms with Crippen LogP contribution in [0.3, 0.4) is 0 Å². The van der Waals surface area contributed by atoms with Crippen LogP contribution in [0.25, 0.3) is 0 Å². The standard InChI is InChI=1S/C28H54O4Si/c1-5-9-13-17-21-25(27(29)30)26(28(31)32)33(22-18-14-10-6-2,23-19-15-11-7-3)24-20-16-12-8-4/h5-24H2,1-4H3,(H,29,30)(H,31,32)/b26-25-. The smallest absolute Gasteiger partial charge is 0.331 e. The monoisotopic (exact) mass is 482 g/mol. The Morgan fingerprint density at radius 1 is 0.515 bits per heavy atom. The van der Waals surface area contributed by atoms with Gasteiger partial charge in [0.05, 0.1) is 8.07 Å². The van der Waals surface area contributed by atoms with Crippen LogP contribution >= 0.6 is 0 Å². The largest absolute Gasteiger partial charge is 0.478 e. The van der Waals surface area contributed by atoms with Crippen LogP contribution in [0, 0.1) is 0 Å². The van der Waals surface area contributed by atoms with Gasteiger partial charge in [-0.1, -0.05) is 142 Å². The Labute approximate surface area is 205 Å². The van der Waals surface area contributed by atoms with E-state index in [1.54, 1.807) is 0 Å². The molecular weight excluding hydrogens is 428 g/mol. The maximum Gasteiger partial charge on any atom is 0.331 e. The molecule has 33 heavy (non-hydrogen) atoms. The molecule has 0 rings (SSSR count). The van der Waals surface area contributed by atoms with Crippen molar-refractivity contribution < 1.29 is 19.8 Å². The quantitative estimate of drug-likeness (QED) is 0.0864. The van der Waals surface area contributed by atoms with Crippen molar-refractivity contribution in [1.29, 1.82) is 0 Å². The second-order valence-corrected chi connectivity index (χ2v) is 14.5. The number of aliphatic carboxylic acids is 2. The minimum absolute atomic E-state index is 0.242. The Kier molecular flexibility index (Phi) is 19.6. The minimum atomic E-state index is -2.43. The van der Waals surface area contributed by atoms with E-state index in [-0.39, 0.29) is 5.57 Å². The lowest BCUT2D eigenvalue weighted by Crippen LogP contribution is -2.42. The van der Waals surface area contributed by atoms with Crippen LogP contribution in [0.2, 0.25) is 18.1 Å². The normalized spacial score (nSPS) is 12.6. The molecule has 0 fully saturated rings. The molecule has 0 heterocycles. The first-order chi connectivity index (χ1) is 15.9. The molecule has 0 aliphatic rings. The zero-order chi connectivity index (χ0) is 25.0. The van der Waals surface area contributed by atoms with E-state index in [1.807, 2.05) is 0 Å². The average Bonchev–Trinajstić information content (AvgIpc) is 2.78. The molecule has 0 aromatic rings. The third-order valence-electron chi connectivity index (χ3n) is 7.11. The molecule has 5 heteroatoms. The van der Waals surface area contributed by atoms with E-state index in [2.05, 4.69) is 27.7 Å². The van der Waals surface area contributed by atoms with E-state index >= 15 is 0 Å². The predicted molar refractivity (Wildman–Crippen MR) is 144 cm³/mol. The summed E-state index contributed by atoms with van der Waals surface area (Å²) in [6.45, 7) is 8.72. The van der Waals surface area contributed by atoms with Crippen molar-refractivity contribution in [2.45, 2.75) is 155 Å². The van der Waals surface area contributed by atoms with Crippen molar-refractivity contribution in [2.75, 3.05) is 0 Å². The molecule has 0 unspecified atom stereocenters. The number of carboxylic acid groups (broad SMARTS) is 2. The molecule has 194 valence electrons. The highest BCUT2D eigenvalue weighted by Gasteiger charge is 2.42. The number of carbonyl (C=O) groups is 2. The molecule has 0 aromatic carbocycles. The van der Waals surface area contributed by atoms with E-state index in [4.69, 9.17) is 0 Å². The Morgan fingerprint density at radius 2 is 0.879 bits per heavy atom. The zero-order valence-electron chi connectivity index (χ0n) is 22.4. The van der Waals surface area contributed by atoms with E-state index in [0.29, 0.717) is 11.6 Å². The van der Waals surface area contributed by atoms with Gasteiger partial charge in [-0.05, 0) is 12.8 Å². The Bertz CT molecular complexity index is 525. The number of hydrogen-bond donors (Lipinski definition) is 2. The van der Waals surface area contributed by atoms with Gasteiger partial charge in [0.15, 0.2) is 0 Å². The predicted octanol–water partition coefficient (Wildman–Crippen LogP) is 9.15. The summed E-state index contributed by atoms with van der Waals surface area (Å²) in [6.07, 6.45) is 17.8. The molecule has 4 nitrogen and oxygen atoms in total. The van der Waals surface area contributed by atoms with Crippen molar-refractivity contribution in [2.24, 2.45) is 0 Å². The maximum atomic E-state index is 12.8. The summed E-state index contributed by atoms with van der Waals surface area (Å²) in [5, 5.41) is 21.0. The molecule has 2 N–H and O–H groups in total. The van der Waals surface area contributed by atoms with Crippen LogP contribution in [0.5, 0.6) is 0 Å². The summed E-state index contributed by atoms with van der Waals surface area (Å²) in [7, 11) is -2.43. The molecule has 0 radical (unpaired) electrons. The maximum absolute atomic E-state index is 12.8. The molecule has 0 aromatic heterocycles. The van der Waals surface area contributed by atoms with Crippen molar-refractivity contribution >= 4 is 20.0 Å². The first-order valence-corrected chi connectivity index (χ1v) is 16.7. The first kappa shape index (κ1) is 31.9. The van der Waals surface area contributed by atoms with Crippen LogP contribution in [0.4, 0.5) is 0 Å². The molecule has 0 atom stereocenters. The van der Waals surface area contributed by atoms with Gasteiger partial charge in [0.1, 0.15) is 0 Å². The lowest BCUT2D eigenvalue weighted by molar-refractivity contribution is -0.135. The highest BCUT2D eigenvalue weighted by molar-refractivity contribution is 6.90. The van der Waals surface area contributed by atoms with Crippen LogP contribution < -0.4 is 0 Å². The Balaban J connectivity index is 6.21. The average molecular weight is 483 g/mol. The first-order valence-electron chi connectivity index (χ1n) is 14.1. The van der Waals surface area contributed by atoms with Gasteiger partial charge in [-0.3, -0.25) is 0 Å². The lowest BCUT2D eigenvalue weighted by Gasteiger charge is -2.34. The summed E-state index contributed by atoms with van der Waals surface area (Å²) in [4.78, 5) is 25.1. The van der Waals surface area contributed by atoms with Crippen molar-refractivity contribution in [3.05, 3.63) is 10.8 Å². The third kappa shape index (κ3) is 13.4. The van der Waals surface area contributed by atoms with Gasteiger partial charge in [-0.2, -0.15) is 0 Å². The van der Waals surface area contributed by atoms with E-state index < -0.39 is 20.0 Å². The molecule has 0 saturated heterocycles. The summed E-state index contributed by atoms with van der Waals surface area (Å²) in [5.41, 5.74) is 0.242. The van der Waals surface area contributed by atoms with E-state index in [9.17, 15) is 19.8 Å². The fourth-order valence-electron chi connectivity index (χ4n) is 5.16. The van der Waals surface area contributed by atoms with Gasteiger partial charge in [-0.25, -0.2) is 9.59 Å². The Hall–Kier alpha value is -1.10. The van der Waals surface area contributed by atoms with Gasteiger partial charge in [0.2, 0.25) is 0 Å². The van der Waals surface area contributed by atoms with E-state index in [0.717, 1.165) is 102 Å². The molecule has 0 aliphatic heterocycles. The van der Waals surface area contributed by atoms with Gasteiger partial charge in [0.25, 0.3) is 0 Å². The SMILES string of the molecule is CCCCCC/C(C(=O)O)=C(\C(=O)O)[Si](CCCCCC)(CCCCCC)CCCCCC. The molecule has 0 spiro atoms. The topological polar surface area (TPSA) is 74.6 Å². The van der Waals surface area contributed by atoms with E-state index in [1.165, 1.54) is 19.3 Å². The molecule has 0 amide bonds. The van der Waals surface area contributed by atoms with Crippen LogP contribution in [0.1, 0.15) is 137 Å². The number of unbranched alkanes of at least 4 members (excludes halogenated alkanes) is 12. The van der Waals surface area contributed by atoms with Gasteiger partial charge >= 0.3 is 11.9 Å². The number of carboxylic acids is 2. The number of rotatable bonds is 23. The summed E-state index contributed by atoms with van der Waals surface area (Å²) in [5.74, 6) is -1.92. The summed E-state index contributed by atoms with van der Waals surface area (Å²) in [6, 6.07) is 2.83. The lowest BCUT2D eigenvalue weighted by atomic mass is 10.1. The summed E-state index contributed by atoms with van der Waals surface area (Å²) < 4.78 is 0. The highest BCUT2D eigenvalue weighted by Crippen LogP contribution is 2.38. The third-order valence-corrected chi connectivity index (χ3v) is 12.6. The zero-order valence-corrected chi connectivity index (χ0v) is 23.4. The fraction of sp³-hybridized carbons (Fsp3) is 0.857. The van der Waals surface area contributed by atoms with Gasteiger partial charge < -0.3 is 10.2 Å². The van der Waals surface area contributed by atoms with Crippen molar-refractivity contribution in [3.8, 4) is 0 Å². The minimum Gasteiger partial charge on any atom is -0.478 e. The molecule has 0 aliphatic carbocycles. The fourth-order valence-corrected chi connectivity index (χ4v) is 10.8. The van der Waals surface area contributed by atoms with Crippen LogP contribution in [-0.4, -0.2) is 30.2 Å². The summed E-state index contributed by atoms with van der Waals surface area (Å²) >= 11 is 0. The van der Waals surface area contributed by atoms with Crippen LogP contribution in [0.15, 0.2) is 10.8 Å². The van der Waals surface area contributed by atoms with Crippen molar-refractivity contribution in [3.63, 3.8) is 0 Å². The highest BCUT2D eigenvalue weighted by atomic mass is 28.3. The van der Waals surface area contributed by atoms with Crippen LogP contribution in [-0.2, 0) is 9.59 Å². The second kappa shape index (κ2) is 20.3. The molecule has 0 bridgehead atoms. The molecular formula is C28H54O4Si. The number of hydrogen-bond acceptors (Lipinski definition) is 2. The molecule has 0 saturated carbocycles. The second-order valence-electron chi connectivity index (χ2n) is 9.99. The van der Waals surface area contributed by atoms with Gasteiger partial charge in [0, 0.05) is 10.8 Å². The van der Waals surface area contributed by atoms with Crippen molar-refractivity contribution in [1.82, 2.24) is 0 Å².